The van der Waals surface area contributed by atoms with E-state index in [-0.39, 0.29) is 16.5 Å². The predicted octanol–water partition coefficient (Wildman–Crippen LogP) is 2.13. The number of nitrogens with one attached hydrogen (secondary N) is 2. The number of primary sulfonamides is 1. The first-order valence-electron chi connectivity index (χ1n) is 9.09. The van der Waals surface area contributed by atoms with Gasteiger partial charge in [-0.2, -0.15) is 0 Å². The van der Waals surface area contributed by atoms with Crippen molar-refractivity contribution in [1.29, 1.82) is 0 Å². The van der Waals surface area contributed by atoms with E-state index in [0.29, 0.717) is 17.9 Å². The topological polar surface area (TPSA) is 128 Å². The second kappa shape index (κ2) is 9.53. The third-order valence-corrected chi connectivity index (χ3v) is 5.00. The van der Waals surface area contributed by atoms with E-state index in [1.807, 2.05) is 6.92 Å². The molecule has 8 nitrogen and oxygen atoms in total. The summed E-state index contributed by atoms with van der Waals surface area (Å²) < 4.78 is 28.3. The fourth-order valence-electron chi connectivity index (χ4n) is 2.60. The minimum atomic E-state index is -3.89. The summed E-state index contributed by atoms with van der Waals surface area (Å²) in [5, 5.41) is 10.5. The third-order valence-electron chi connectivity index (χ3n) is 4.09. The molecule has 29 heavy (non-hydrogen) atoms. The number of anilines is 1. The van der Waals surface area contributed by atoms with Crippen molar-refractivity contribution in [3.63, 3.8) is 0 Å². The van der Waals surface area contributed by atoms with E-state index in [1.165, 1.54) is 24.3 Å². The number of carbonyl (C=O) groups is 2. The van der Waals surface area contributed by atoms with Gasteiger partial charge in [0.15, 0.2) is 0 Å². The zero-order valence-corrected chi connectivity index (χ0v) is 17.3. The van der Waals surface area contributed by atoms with Gasteiger partial charge in [0.25, 0.3) is 5.91 Å². The number of hydrogen-bond donors (Lipinski definition) is 3. The van der Waals surface area contributed by atoms with Crippen LogP contribution in [0.4, 0.5) is 5.69 Å². The van der Waals surface area contributed by atoms with Crippen molar-refractivity contribution in [2.45, 2.75) is 31.7 Å². The van der Waals surface area contributed by atoms with Crippen molar-refractivity contribution in [2.24, 2.45) is 11.1 Å². The number of hydrogen-bond acceptors (Lipinski definition) is 5. The lowest BCUT2D eigenvalue weighted by atomic mass is 10.0. The summed E-state index contributed by atoms with van der Waals surface area (Å²) >= 11 is 0. The molecule has 2 amide bonds. The van der Waals surface area contributed by atoms with Gasteiger partial charge in [0, 0.05) is 11.3 Å². The summed E-state index contributed by atoms with van der Waals surface area (Å²) in [6, 6.07) is 11.4. The lowest BCUT2D eigenvalue weighted by Gasteiger charge is -2.22. The van der Waals surface area contributed by atoms with Crippen molar-refractivity contribution in [1.82, 2.24) is 5.32 Å². The normalized spacial score (nSPS) is 12.3. The maximum atomic E-state index is 12.7. The number of nitrogens with two attached hydrogens (primary N) is 1. The molecule has 0 saturated carbocycles. The SMILES string of the molecule is CCOc1ccc(C(=O)NC(C(=O)Nc2cccc(S(N)(=O)=O)c2)C(C)C)cc1. The van der Waals surface area contributed by atoms with Crippen molar-refractivity contribution in [3.05, 3.63) is 54.1 Å². The van der Waals surface area contributed by atoms with Gasteiger partial charge in [-0.3, -0.25) is 9.59 Å². The molecule has 0 bridgehead atoms. The van der Waals surface area contributed by atoms with Crippen LogP contribution in [0, 0.1) is 5.92 Å². The maximum absolute atomic E-state index is 12.7. The molecule has 0 aliphatic rings. The van der Waals surface area contributed by atoms with Crippen LogP contribution in [0.5, 0.6) is 5.75 Å². The number of amides is 2. The lowest BCUT2D eigenvalue weighted by molar-refractivity contribution is -0.118. The average molecular weight is 420 g/mol. The van der Waals surface area contributed by atoms with E-state index in [9.17, 15) is 18.0 Å². The van der Waals surface area contributed by atoms with Crippen LogP contribution < -0.4 is 20.5 Å². The second-order valence-electron chi connectivity index (χ2n) is 6.71. The van der Waals surface area contributed by atoms with Crippen LogP contribution in [0.3, 0.4) is 0 Å². The van der Waals surface area contributed by atoms with Gasteiger partial charge >= 0.3 is 0 Å². The summed E-state index contributed by atoms with van der Waals surface area (Å²) in [5.74, 6) is -0.425. The molecule has 1 unspecified atom stereocenters. The first-order valence-corrected chi connectivity index (χ1v) is 10.6. The Morgan fingerprint density at radius 2 is 1.76 bits per heavy atom. The van der Waals surface area contributed by atoms with Crippen molar-refractivity contribution in [2.75, 3.05) is 11.9 Å². The molecule has 0 fully saturated rings. The van der Waals surface area contributed by atoms with Gasteiger partial charge in [-0.1, -0.05) is 19.9 Å². The summed E-state index contributed by atoms with van der Waals surface area (Å²) in [7, 11) is -3.89. The highest BCUT2D eigenvalue weighted by atomic mass is 32.2. The van der Waals surface area contributed by atoms with Gasteiger partial charge in [0.2, 0.25) is 15.9 Å². The predicted molar refractivity (Wildman–Crippen MR) is 110 cm³/mol. The van der Waals surface area contributed by atoms with Crippen molar-refractivity contribution in [3.8, 4) is 5.75 Å². The van der Waals surface area contributed by atoms with Gasteiger partial charge in [0.05, 0.1) is 11.5 Å². The van der Waals surface area contributed by atoms with Gasteiger partial charge in [-0.15, -0.1) is 0 Å². The molecule has 0 spiro atoms. The Morgan fingerprint density at radius 1 is 1.10 bits per heavy atom. The van der Waals surface area contributed by atoms with Gasteiger partial charge in [-0.05, 0) is 55.3 Å². The Balaban J connectivity index is 2.12. The van der Waals surface area contributed by atoms with E-state index in [1.54, 1.807) is 38.1 Å². The molecule has 156 valence electrons. The van der Waals surface area contributed by atoms with Gasteiger partial charge in [-0.25, -0.2) is 13.6 Å². The van der Waals surface area contributed by atoms with Crippen molar-refractivity contribution >= 4 is 27.5 Å². The van der Waals surface area contributed by atoms with Gasteiger partial charge in [0.1, 0.15) is 11.8 Å². The van der Waals surface area contributed by atoms with Crippen LogP contribution in [0.2, 0.25) is 0 Å². The Labute approximate surface area is 170 Å². The first-order chi connectivity index (χ1) is 13.6. The molecule has 9 heteroatoms. The number of benzene rings is 2. The molecular weight excluding hydrogens is 394 g/mol. The molecular formula is C20H25N3O5S. The quantitative estimate of drug-likeness (QED) is 0.604. The smallest absolute Gasteiger partial charge is 0.251 e. The second-order valence-corrected chi connectivity index (χ2v) is 8.28. The molecule has 0 radical (unpaired) electrons. The summed E-state index contributed by atoms with van der Waals surface area (Å²) in [5.41, 5.74) is 0.658. The molecule has 2 aromatic carbocycles. The van der Waals surface area contributed by atoms with Crippen LogP contribution >= 0.6 is 0 Å². The lowest BCUT2D eigenvalue weighted by Crippen LogP contribution is -2.47. The Hall–Kier alpha value is -2.91. The Bertz CT molecular complexity index is 972. The van der Waals surface area contributed by atoms with Crippen LogP contribution in [-0.4, -0.2) is 32.9 Å². The van der Waals surface area contributed by atoms with Crippen molar-refractivity contribution < 1.29 is 22.7 Å². The number of ether oxygens (including phenoxy) is 1. The van der Waals surface area contributed by atoms with E-state index < -0.39 is 27.9 Å². The zero-order valence-electron chi connectivity index (χ0n) is 16.5. The molecule has 0 saturated heterocycles. The summed E-state index contributed by atoms with van der Waals surface area (Å²) in [6.07, 6.45) is 0. The minimum absolute atomic E-state index is 0.116. The van der Waals surface area contributed by atoms with Crippen LogP contribution in [0.15, 0.2) is 53.4 Å². The maximum Gasteiger partial charge on any atom is 0.251 e. The number of sulfonamides is 1. The fourth-order valence-corrected chi connectivity index (χ4v) is 3.16. The first kappa shape index (κ1) is 22.4. The largest absolute Gasteiger partial charge is 0.494 e. The van der Waals surface area contributed by atoms with E-state index in [0.717, 1.165) is 0 Å². The molecule has 2 rings (SSSR count). The highest BCUT2D eigenvalue weighted by Crippen LogP contribution is 2.16. The standard InChI is InChI=1S/C20H25N3O5S/c1-4-28-16-10-8-14(9-11-16)19(24)23-18(13(2)3)20(25)22-15-6-5-7-17(12-15)29(21,26)27/h5-13,18H,4H2,1-3H3,(H,22,25)(H,23,24)(H2,21,26,27). The molecule has 2 aromatic rings. The summed E-state index contributed by atoms with van der Waals surface area (Å²) in [4.78, 5) is 25.1. The van der Waals surface area contributed by atoms with Crippen LogP contribution in [-0.2, 0) is 14.8 Å². The summed E-state index contributed by atoms with van der Waals surface area (Å²) in [6.45, 7) is 5.98. The monoisotopic (exact) mass is 419 g/mol. The average Bonchev–Trinajstić information content (AvgIpc) is 2.66. The third kappa shape index (κ3) is 6.30. The van der Waals surface area contributed by atoms with Gasteiger partial charge < -0.3 is 15.4 Å². The Morgan fingerprint density at radius 3 is 2.31 bits per heavy atom. The fraction of sp³-hybridized carbons (Fsp3) is 0.300. The van der Waals surface area contributed by atoms with E-state index >= 15 is 0 Å². The number of rotatable bonds is 8. The number of carbonyl (C=O) groups excluding carboxylic acids is 2. The molecule has 4 N–H and O–H groups in total. The molecule has 0 heterocycles. The Kier molecular flexibility index (Phi) is 7.35. The highest BCUT2D eigenvalue weighted by molar-refractivity contribution is 7.89. The van der Waals surface area contributed by atoms with E-state index in [4.69, 9.17) is 9.88 Å². The van der Waals surface area contributed by atoms with Crippen LogP contribution in [0.25, 0.3) is 0 Å². The molecule has 0 aromatic heterocycles. The zero-order chi connectivity index (χ0) is 21.6. The molecule has 0 aliphatic carbocycles. The highest BCUT2D eigenvalue weighted by Gasteiger charge is 2.25. The van der Waals surface area contributed by atoms with E-state index in [2.05, 4.69) is 10.6 Å². The van der Waals surface area contributed by atoms with Crippen LogP contribution in [0.1, 0.15) is 31.1 Å². The minimum Gasteiger partial charge on any atom is -0.494 e. The molecule has 1 atom stereocenters. The molecule has 0 aliphatic heterocycles.